The first-order valence-electron chi connectivity index (χ1n) is 4.98. The van der Waals surface area contributed by atoms with Crippen LogP contribution in [0, 0.1) is 6.92 Å². The fraction of sp³-hybridized carbons (Fsp3) is 0.0769. The number of rotatable bonds is 2. The summed E-state index contributed by atoms with van der Waals surface area (Å²) in [6.07, 6.45) is 0. The SMILES string of the molecule is Cc1ccccc1S(=O)(=O)c1ccccc1. The van der Waals surface area contributed by atoms with E-state index in [1.807, 2.05) is 6.07 Å². The normalized spacial score (nSPS) is 11.3. The summed E-state index contributed by atoms with van der Waals surface area (Å²) in [6.45, 7) is 1.80. The van der Waals surface area contributed by atoms with Gasteiger partial charge in [-0.15, -0.1) is 0 Å². The maximum atomic E-state index is 12.3. The van der Waals surface area contributed by atoms with Crippen LogP contribution >= 0.6 is 0 Å². The average Bonchev–Trinajstić information content (AvgIpc) is 2.30. The molecule has 2 rings (SSSR count). The number of aryl methyl sites for hydroxylation is 1. The van der Waals surface area contributed by atoms with Gasteiger partial charge >= 0.3 is 0 Å². The minimum Gasteiger partial charge on any atom is -0.219 e. The summed E-state index contributed by atoms with van der Waals surface area (Å²) in [7, 11) is -3.37. The van der Waals surface area contributed by atoms with Crippen LogP contribution in [0.4, 0.5) is 0 Å². The van der Waals surface area contributed by atoms with Crippen LogP contribution in [0.3, 0.4) is 0 Å². The van der Waals surface area contributed by atoms with E-state index in [1.54, 1.807) is 55.5 Å². The zero-order valence-electron chi connectivity index (χ0n) is 8.92. The highest BCUT2D eigenvalue weighted by molar-refractivity contribution is 7.91. The van der Waals surface area contributed by atoms with Gasteiger partial charge in [-0.3, -0.25) is 0 Å². The molecule has 82 valence electrons. The van der Waals surface area contributed by atoms with Crippen molar-refractivity contribution in [2.75, 3.05) is 0 Å². The van der Waals surface area contributed by atoms with Crippen LogP contribution in [-0.2, 0) is 9.84 Å². The molecular weight excluding hydrogens is 220 g/mol. The summed E-state index contributed by atoms with van der Waals surface area (Å²) in [5, 5.41) is 0. The Morgan fingerprint density at radius 1 is 0.812 bits per heavy atom. The predicted octanol–water partition coefficient (Wildman–Crippen LogP) is 2.83. The number of hydrogen-bond donors (Lipinski definition) is 0. The second-order valence-electron chi connectivity index (χ2n) is 3.58. The van der Waals surface area contributed by atoms with Gasteiger partial charge in [-0.1, -0.05) is 36.4 Å². The van der Waals surface area contributed by atoms with E-state index >= 15 is 0 Å². The standard InChI is InChI=1S/C13H12O2S/c1-11-7-5-6-10-13(11)16(14,15)12-8-3-2-4-9-12/h2-10H,1H3. The van der Waals surface area contributed by atoms with E-state index in [0.29, 0.717) is 9.79 Å². The van der Waals surface area contributed by atoms with Crippen molar-refractivity contribution in [3.8, 4) is 0 Å². The molecule has 0 saturated carbocycles. The molecule has 16 heavy (non-hydrogen) atoms. The highest BCUT2D eigenvalue weighted by Crippen LogP contribution is 2.22. The fourth-order valence-corrected chi connectivity index (χ4v) is 3.10. The molecule has 0 aliphatic rings. The molecule has 0 aliphatic heterocycles. The van der Waals surface area contributed by atoms with Gasteiger partial charge in [0.05, 0.1) is 9.79 Å². The van der Waals surface area contributed by atoms with E-state index in [2.05, 4.69) is 0 Å². The molecule has 0 aromatic heterocycles. The Hall–Kier alpha value is -1.61. The van der Waals surface area contributed by atoms with Crippen molar-refractivity contribution in [3.63, 3.8) is 0 Å². The van der Waals surface area contributed by atoms with Crippen molar-refractivity contribution in [1.29, 1.82) is 0 Å². The number of benzene rings is 2. The molecule has 0 N–H and O–H groups in total. The van der Waals surface area contributed by atoms with Crippen molar-refractivity contribution in [2.24, 2.45) is 0 Å². The first-order chi connectivity index (χ1) is 7.62. The van der Waals surface area contributed by atoms with Gasteiger partial charge in [-0.05, 0) is 30.7 Å². The first-order valence-corrected chi connectivity index (χ1v) is 6.46. The van der Waals surface area contributed by atoms with Gasteiger partial charge in [-0.2, -0.15) is 0 Å². The van der Waals surface area contributed by atoms with Crippen molar-refractivity contribution in [1.82, 2.24) is 0 Å². The van der Waals surface area contributed by atoms with Gasteiger partial charge in [0.1, 0.15) is 0 Å². The molecular formula is C13H12O2S. The quantitative estimate of drug-likeness (QED) is 0.798. The lowest BCUT2D eigenvalue weighted by Crippen LogP contribution is -2.03. The highest BCUT2D eigenvalue weighted by atomic mass is 32.2. The second-order valence-corrected chi connectivity index (χ2v) is 5.50. The van der Waals surface area contributed by atoms with Gasteiger partial charge in [-0.25, -0.2) is 8.42 Å². The largest absolute Gasteiger partial charge is 0.219 e. The van der Waals surface area contributed by atoms with Gasteiger partial charge in [0.2, 0.25) is 9.84 Å². The Bertz CT molecular complexity index is 586. The Balaban J connectivity index is 2.62. The number of hydrogen-bond acceptors (Lipinski definition) is 2. The van der Waals surface area contributed by atoms with Gasteiger partial charge in [0.25, 0.3) is 0 Å². The van der Waals surface area contributed by atoms with Gasteiger partial charge < -0.3 is 0 Å². The summed E-state index contributed by atoms with van der Waals surface area (Å²) >= 11 is 0. The predicted molar refractivity (Wildman–Crippen MR) is 63.1 cm³/mol. The van der Waals surface area contributed by atoms with Crippen LogP contribution in [0.2, 0.25) is 0 Å². The van der Waals surface area contributed by atoms with Crippen molar-refractivity contribution in [2.45, 2.75) is 16.7 Å². The minimum absolute atomic E-state index is 0.337. The van der Waals surface area contributed by atoms with Crippen molar-refractivity contribution >= 4 is 9.84 Å². The topological polar surface area (TPSA) is 34.1 Å². The highest BCUT2D eigenvalue weighted by Gasteiger charge is 2.18. The van der Waals surface area contributed by atoms with Gasteiger partial charge in [0, 0.05) is 0 Å². The fourth-order valence-electron chi connectivity index (χ4n) is 1.58. The zero-order chi connectivity index (χ0) is 11.6. The Morgan fingerprint density at radius 3 is 2.00 bits per heavy atom. The van der Waals surface area contributed by atoms with Crippen LogP contribution in [0.15, 0.2) is 64.4 Å². The third-order valence-electron chi connectivity index (χ3n) is 2.44. The van der Waals surface area contributed by atoms with Crippen molar-refractivity contribution < 1.29 is 8.42 Å². The van der Waals surface area contributed by atoms with Gasteiger partial charge in [0.15, 0.2) is 0 Å². The summed E-state index contributed by atoms with van der Waals surface area (Å²) in [5.74, 6) is 0. The minimum atomic E-state index is -3.37. The van der Waals surface area contributed by atoms with Crippen LogP contribution < -0.4 is 0 Å². The van der Waals surface area contributed by atoms with E-state index in [0.717, 1.165) is 5.56 Å². The molecule has 0 fully saturated rings. The molecule has 0 bridgehead atoms. The lowest BCUT2D eigenvalue weighted by Gasteiger charge is -2.06. The second kappa shape index (κ2) is 4.10. The van der Waals surface area contributed by atoms with E-state index in [1.165, 1.54) is 0 Å². The molecule has 0 heterocycles. The zero-order valence-corrected chi connectivity index (χ0v) is 9.74. The smallest absolute Gasteiger partial charge is 0.206 e. The molecule has 0 atom stereocenters. The molecule has 0 saturated heterocycles. The molecule has 0 amide bonds. The van der Waals surface area contributed by atoms with Crippen LogP contribution in [0.1, 0.15) is 5.56 Å². The molecule has 2 nitrogen and oxygen atoms in total. The Labute approximate surface area is 95.5 Å². The molecule has 0 spiro atoms. The number of sulfone groups is 1. The third kappa shape index (κ3) is 1.86. The van der Waals surface area contributed by atoms with E-state index in [9.17, 15) is 8.42 Å². The average molecular weight is 232 g/mol. The molecule has 2 aromatic rings. The third-order valence-corrected chi connectivity index (χ3v) is 4.37. The first kappa shape index (κ1) is 10.9. The maximum Gasteiger partial charge on any atom is 0.206 e. The molecule has 3 heteroatoms. The molecule has 2 aromatic carbocycles. The maximum absolute atomic E-state index is 12.3. The lowest BCUT2D eigenvalue weighted by molar-refractivity contribution is 0.595. The molecule has 0 unspecified atom stereocenters. The monoisotopic (exact) mass is 232 g/mol. The summed E-state index contributed by atoms with van der Waals surface area (Å²) in [4.78, 5) is 0.713. The lowest BCUT2D eigenvalue weighted by atomic mass is 10.2. The Kier molecular flexibility index (Phi) is 2.79. The van der Waals surface area contributed by atoms with Crippen LogP contribution in [0.25, 0.3) is 0 Å². The summed E-state index contributed by atoms with van der Waals surface area (Å²) in [6, 6.07) is 15.5. The Morgan fingerprint density at radius 2 is 1.38 bits per heavy atom. The molecule has 0 aliphatic carbocycles. The van der Waals surface area contributed by atoms with Crippen LogP contribution in [-0.4, -0.2) is 8.42 Å². The van der Waals surface area contributed by atoms with Crippen molar-refractivity contribution in [3.05, 3.63) is 60.2 Å². The van der Waals surface area contributed by atoms with E-state index < -0.39 is 9.84 Å². The van der Waals surface area contributed by atoms with Crippen LogP contribution in [0.5, 0.6) is 0 Å². The molecule has 0 radical (unpaired) electrons. The van der Waals surface area contributed by atoms with E-state index in [4.69, 9.17) is 0 Å². The summed E-state index contributed by atoms with van der Waals surface area (Å²) in [5.41, 5.74) is 0.770. The summed E-state index contributed by atoms with van der Waals surface area (Å²) < 4.78 is 24.5. The van der Waals surface area contributed by atoms with E-state index in [-0.39, 0.29) is 0 Å².